The van der Waals surface area contributed by atoms with Gasteiger partial charge in [-0.3, -0.25) is 14.7 Å². The molecule has 5 nitrogen and oxygen atoms in total. The third kappa shape index (κ3) is 3.80. The highest BCUT2D eigenvalue weighted by molar-refractivity contribution is 7.21. The molecule has 2 aliphatic heterocycles. The lowest BCUT2D eigenvalue weighted by Gasteiger charge is -2.27. The number of carbonyl (C=O) groups is 1. The van der Waals surface area contributed by atoms with Crippen molar-refractivity contribution in [3.05, 3.63) is 64.8 Å². The van der Waals surface area contributed by atoms with E-state index in [2.05, 4.69) is 46.3 Å². The van der Waals surface area contributed by atoms with E-state index in [1.54, 1.807) is 11.3 Å². The average Bonchev–Trinajstić information content (AvgIpc) is 3.38. The zero-order valence-electron chi connectivity index (χ0n) is 16.4. The SMILES string of the molecule is O=C(c1sc2ccccc2c1C1CCN(Cc2ccncc2)C1)N1CCOCC1. The summed E-state index contributed by atoms with van der Waals surface area (Å²) in [5.41, 5.74) is 2.56. The van der Waals surface area contributed by atoms with Gasteiger partial charge in [0.15, 0.2) is 0 Å². The van der Waals surface area contributed by atoms with Crippen molar-refractivity contribution in [2.45, 2.75) is 18.9 Å². The third-order valence-electron chi connectivity index (χ3n) is 5.96. The Kier molecular flexibility index (Phi) is 5.31. The highest BCUT2D eigenvalue weighted by Crippen LogP contribution is 2.41. The van der Waals surface area contributed by atoms with Crippen molar-refractivity contribution in [3.8, 4) is 0 Å². The molecule has 0 radical (unpaired) electrons. The summed E-state index contributed by atoms with van der Waals surface area (Å²) in [5, 5.41) is 1.25. The molecule has 2 saturated heterocycles. The van der Waals surface area contributed by atoms with Crippen molar-refractivity contribution in [2.24, 2.45) is 0 Å². The predicted molar refractivity (Wildman–Crippen MR) is 115 cm³/mol. The van der Waals surface area contributed by atoms with Crippen LogP contribution in [0.25, 0.3) is 10.1 Å². The number of hydrogen-bond donors (Lipinski definition) is 0. The molecule has 0 N–H and O–H groups in total. The quantitative estimate of drug-likeness (QED) is 0.661. The van der Waals surface area contributed by atoms with E-state index in [9.17, 15) is 4.79 Å². The third-order valence-corrected chi connectivity index (χ3v) is 7.14. The Balaban J connectivity index is 1.43. The van der Waals surface area contributed by atoms with Gasteiger partial charge in [-0.15, -0.1) is 11.3 Å². The Hall–Kier alpha value is -2.28. The average molecular weight is 408 g/mol. The summed E-state index contributed by atoms with van der Waals surface area (Å²) in [5.74, 6) is 0.574. The molecule has 4 heterocycles. The second-order valence-electron chi connectivity index (χ2n) is 7.82. The van der Waals surface area contributed by atoms with E-state index in [1.807, 2.05) is 17.3 Å². The molecular formula is C23H25N3O2S. The van der Waals surface area contributed by atoms with Crippen LogP contribution in [0.4, 0.5) is 0 Å². The largest absolute Gasteiger partial charge is 0.378 e. The molecule has 0 spiro atoms. The van der Waals surface area contributed by atoms with Crippen LogP contribution in [0.2, 0.25) is 0 Å². The van der Waals surface area contributed by atoms with Crippen molar-refractivity contribution in [3.63, 3.8) is 0 Å². The van der Waals surface area contributed by atoms with Crippen LogP contribution in [-0.4, -0.2) is 60.1 Å². The number of rotatable bonds is 4. The Bertz CT molecular complexity index is 998. The molecule has 3 aromatic rings. The van der Waals surface area contributed by atoms with Gasteiger partial charge in [-0.25, -0.2) is 0 Å². The lowest BCUT2D eigenvalue weighted by molar-refractivity contribution is 0.0305. The molecule has 1 amide bonds. The molecule has 1 unspecified atom stereocenters. The van der Waals surface area contributed by atoms with E-state index in [0.717, 1.165) is 30.9 Å². The van der Waals surface area contributed by atoms with Gasteiger partial charge >= 0.3 is 0 Å². The van der Waals surface area contributed by atoms with E-state index in [-0.39, 0.29) is 5.91 Å². The highest BCUT2D eigenvalue weighted by atomic mass is 32.1. The Morgan fingerprint density at radius 3 is 2.72 bits per heavy atom. The number of benzene rings is 1. The maximum absolute atomic E-state index is 13.4. The Labute approximate surface area is 174 Å². The van der Waals surface area contributed by atoms with Crippen LogP contribution in [0.15, 0.2) is 48.8 Å². The van der Waals surface area contributed by atoms with Crippen LogP contribution in [-0.2, 0) is 11.3 Å². The van der Waals surface area contributed by atoms with Crippen LogP contribution in [0.1, 0.15) is 33.1 Å². The molecule has 6 heteroatoms. The number of hydrogen-bond acceptors (Lipinski definition) is 5. The van der Waals surface area contributed by atoms with Crippen molar-refractivity contribution in [1.29, 1.82) is 0 Å². The number of morpholine rings is 1. The fraction of sp³-hybridized carbons (Fsp3) is 0.391. The van der Waals surface area contributed by atoms with E-state index < -0.39 is 0 Å². The van der Waals surface area contributed by atoms with Gasteiger partial charge in [0.2, 0.25) is 0 Å². The van der Waals surface area contributed by atoms with Crippen molar-refractivity contribution < 1.29 is 9.53 Å². The summed E-state index contributed by atoms with van der Waals surface area (Å²) in [6.07, 6.45) is 4.80. The summed E-state index contributed by atoms with van der Waals surface area (Å²) in [6, 6.07) is 12.6. The van der Waals surface area contributed by atoms with Gasteiger partial charge in [0.1, 0.15) is 0 Å². The van der Waals surface area contributed by atoms with Crippen molar-refractivity contribution in [2.75, 3.05) is 39.4 Å². The lowest BCUT2D eigenvalue weighted by Crippen LogP contribution is -2.40. The first-order valence-corrected chi connectivity index (χ1v) is 11.1. The molecule has 150 valence electrons. The minimum atomic E-state index is 0.178. The molecule has 2 fully saturated rings. The maximum atomic E-state index is 13.4. The number of nitrogens with zero attached hydrogens (tertiary/aromatic N) is 3. The number of likely N-dealkylation sites (tertiary alicyclic amines) is 1. The number of amides is 1. The summed E-state index contributed by atoms with van der Waals surface area (Å²) in [6.45, 7) is 5.63. The fourth-order valence-corrected chi connectivity index (χ4v) is 5.76. The van der Waals surface area contributed by atoms with E-state index in [4.69, 9.17) is 4.74 Å². The number of aromatic nitrogens is 1. The number of carbonyl (C=O) groups excluding carboxylic acids is 1. The normalized spacial score (nSPS) is 20.4. The Morgan fingerprint density at radius 1 is 1.10 bits per heavy atom. The monoisotopic (exact) mass is 407 g/mol. The van der Waals surface area contributed by atoms with Gasteiger partial charge in [-0.1, -0.05) is 18.2 Å². The van der Waals surface area contributed by atoms with Crippen molar-refractivity contribution >= 4 is 27.3 Å². The fourth-order valence-electron chi connectivity index (χ4n) is 4.50. The molecule has 2 aromatic heterocycles. The van der Waals surface area contributed by atoms with E-state index in [0.29, 0.717) is 32.2 Å². The first-order valence-electron chi connectivity index (χ1n) is 10.3. The molecule has 0 saturated carbocycles. The summed E-state index contributed by atoms with van der Waals surface area (Å²) in [7, 11) is 0. The first-order chi connectivity index (χ1) is 14.3. The van der Waals surface area contributed by atoms with Crippen LogP contribution in [0.3, 0.4) is 0 Å². The molecular weight excluding hydrogens is 382 g/mol. The molecule has 29 heavy (non-hydrogen) atoms. The topological polar surface area (TPSA) is 45.7 Å². The van der Waals surface area contributed by atoms with Crippen molar-refractivity contribution in [1.82, 2.24) is 14.8 Å². The zero-order valence-corrected chi connectivity index (χ0v) is 17.2. The molecule has 2 aliphatic rings. The van der Waals surface area contributed by atoms with Gasteiger partial charge in [0.25, 0.3) is 5.91 Å². The van der Waals surface area contributed by atoms with E-state index in [1.165, 1.54) is 21.2 Å². The maximum Gasteiger partial charge on any atom is 0.264 e. The lowest BCUT2D eigenvalue weighted by atomic mass is 9.94. The Morgan fingerprint density at radius 2 is 1.90 bits per heavy atom. The second-order valence-corrected chi connectivity index (χ2v) is 8.87. The summed E-state index contributed by atoms with van der Waals surface area (Å²) in [4.78, 5) is 22.9. The second kappa shape index (κ2) is 8.22. The smallest absolute Gasteiger partial charge is 0.264 e. The molecule has 0 bridgehead atoms. The van der Waals surface area contributed by atoms with E-state index >= 15 is 0 Å². The first kappa shape index (κ1) is 18.7. The summed E-state index contributed by atoms with van der Waals surface area (Å²) >= 11 is 1.66. The van der Waals surface area contributed by atoms with Crippen LogP contribution in [0.5, 0.6) is 0 Å². The van der Waals surface area contributed by atoms with Crippen LogP contribution in [0, 0.1) is 0 Å². The zero-order chi connectivity index (χ0) is 19.6. The number of thiophene rings is 1. The standard InChI is InChI=1S/C23H25N3O2S/c27-23(26-11-13-28-14-12-26)22-21(19-3-1-2-4-20(19)29-22)18-7-10-25(16-18)15-17-5-8-24-9-6-17/h1-6,8-9,18H,7,10-16H2. The summed E-state index contributed by atoms with van der Waals surface area (Å²) < 4.78 is 6.66. The van der Waals surface area contributed by atoms with Gasteiger partial charge in [0.05, 0.1) is 18.1 Å². The minimum Gasteiger partial charge on any atom is -0.378 e. The number of ether oxygens (including phenoxy) is 1. The highest BCUT2D eigenvalue weighted by Gasteiger charge is 2.32. The molecule has 1 atom stereocenters. The number of fused-ring (bicyclic) bond motifs is 1. The van der Waals surface area contributed by atoms with Crippen LogP contribution < -0.4 is 0 Å². The van der Waals surface area contributed by atoms with Gasteiger partial charge in [0, 0.05) is 49.2 Å². The molecule has 0 aliphatic carbocycles. The minimum absolute atomic E-state index is 0.178. The van der Waals surface area contributed by atoms with Crippen LogP contribution >= 0.6 is 11.3 Å². The molecule has 5 rings (SSSR count). The molecule has 1 aromatic carbocycles. The predicted octanol–water partition coefficient (Wildman–Crippen LogP) is 3.76. The van der Waals surface area contributed by atoms with Gasteiger partial charge in [-0.05, 0) is 47.7 Å². The van der Waals surface area contributed by atoms with Gasteiger partial charge in [-0.2, -0.15) is 0 Å². The number of pyridine rings is 1. The van der Waals surface area contributed by atoms with Gasteiger partial charge < -0.3 is 9.64 Å².